The van der Waals surface area contributed by atoms with Gasteiger partial charge in [-0.3, -0.25) is 9.59 Å². The first-order chi connectivity index (χ1) is 18.7. The van der Waals surface area contributed by atoms with Crippen LogP contribution in [0.3, 0.4) is 0 Å². The molecule has 0 fully saturated rings. The summed E-state index contributed by atoms with van der Waals surface area (Å²) >= 11 is 0. The maximum Gasteiger partial charge on any atom is 0.423 e. The maximum atomic E-state index is 14.9. The highest BCUT2D eigenvalue weighted by Crippen LogP contribution is 2.35. The molecular formula is C25H21F7N6O2. The molecule has 3 heterocycles. The third kappa shape index (κ3) is 5.92. The Balaban J connectivity index is 1.50. The van der Waals surface area contributed by atoms with Crippen LogP contribution in [0.4, 0.5) is 42.2 Å². The highest BCUT2D eigenvalue weighted by Gasteiger charge is 2.37. The molecule has 0 spiro atoms. The van der Waals surface area contributed by atoms with Crippen LogP contribution in [0.15, 0.2) is 52.3 Å². The van der Waals surface area contributed by atoms with Crippen molar-refractivity contribution in [1.29, 1.82) is 0 Å². The lowest BCUT2D eigenvalue weighted by atomic mass is 10.0. The van der Waals surface area contributed by atoms with Gasteiger partial charge in [0.25, 0.3) is 11.1 Å². The number of nitrogen functional groups attached to an aromatic ring is 1. The number of H-pyrrole nitrogens is 1. The first kappa shape index (κ1) is 28.6. The monoisotopic (exact) mass is 570 g/mol. The number of pyridine rings is 2. The van der Waals surface area contributed by atoms with Gasteiger partial charge in [-0.15, -0.1) is 0 Å². The van der Waals surface area contributed by atoms with Crippen LogP contribution in [-0.2, 0) is 18.9 Å². The topological polar surface area (TPSA) is 119 Å². The third-order valence-electron chi connectivity index (χ3n) is 6.15. The molecule has 0 amide bonds. The first-order valence-electron chi connectivity index (χ1n) is 11.7. The second-order valence-electron chi connectivity index (χ2n) is 9.03. The van der Waals surface area contributed by atoms with E-state index in [9.17, 15) is 40.3 Å². The third-order valence-corrected chi connectivity index (χ3v) is 6.15. The molecule has 8 nitrogen and oxygen atoms in total. The Morgan fingerprint density at radius 1 is 1.07 bits per heavy atom. The van der Waals surface area contributed by atoms with Crippen molar-refractivity contribution in [1.82, 2.24) is 19.7 Å². The lowest BCUT2D eigenvalue weighted by molar-refractivity contribution is -0.138. The quantitative estimate of drug-likeness (QED) is 0.264. The number of hydrogen-bond donors (Lipinski definition) is 3. The zero-order valence-electron chi connectivity index (χ0n) is 20.6. The number of benzene rings is 1. The van der Waals surface area contributed by atoms with Crippen LogP contribution in [-0.4, -0.2) is 25.8 Å². The predicted octanol–water partition coefficient (Wildman–Crippen LogP) is 5.19. The number of aryl methyl sites for hydroxylation is 1. The van der Waals surface area contributed by atoms with Crippen molar-refractivity contribution in [2.24, 2.45) is 0 Å². The Hall–Kier alpha value is -4.43. The van der Waals surface area contributed by atoms with Crippen LogP contribution in [0.25, 0.3) is 22.0 Å². The zero-order chi connectivity index (χ0) is 29.4. The van der Waals surface area contributed by atoms with Crippen LogP contribution in [0.2, 0.25) is 0 Å². The Bertz CT molecular complexity index is 1680. The first-order valence-corrected chi connectivity index (χ1v) is 11.7. The fraction of sp³-hybridized carbons (Fsp3) is 0.280. The molecule has 0 saturated heterocycles. The molecule has 3 aromatic heterocycles. The fourth-order valence-electron chi connectivity index (χ4n) is 4.24. The van der Waals surface area contributed by atoms with Crippen molar-refractivity contribution >= 4 is 22.3 Å². The van der Waals surface area contributed by atoms with Gasteiger partial charge in [-0.1, -0.05) is 0 Å². The summed E-state index contributed by atoms with van der Waals surface area (Å²) in [5.41, 5.74) is 0.204. The summed E-state index contributed by atoms with van der Waals surface area (Å²) in [6, 6.07) is 4.92. The van der Waals surface area contributed by atoms with Gasteiger partial charge in [-0.2, -0.15) is 31.4 Å². The van der Waals surface area contributed by atoms with E-state index in [4.69, 9.17) is 5.73 Å². The number of nitrogens with one attached hydrogen (secondary N) is 2. The second-order valence-corrected chi connectivity index (χ2v) is 9.03. The molecule has 0 radical (unpaired) electrons. The molecule has 0 saturated carbocycles. The van der Waals surface area contributed by atoms with Gasteiger partial charge in [0.2, 0.25) is 0 Å². The second kappa shape index (κ2) is 10.6. The number of aromatic amines is 1. The van der Waals surface area contributed by atoms with E-state index >= 15 is 0 Å². The largest absolute Gasteiger partial charge is 0.423 e. The molecule has 15 heteroatoms. The predicted molar refractivity (Wildman–Crippen MR) is 133 cm³/mol. The van der Waals surface area contributed by atoms with Gasteiger partial charge in [0.15, 0.2) is 0 Å². The minimum Gasteiger partial charge on any atom is -0.383 e. The van der Waals surface area contributed by atoms with Gasteiger partial charge in [0, 0.05) is 24.3 Å². The van der Waals surface area contributed by atoms with E-state index in [0.717, 1.165) is 18.3 Å². The summed E-state index contributed by atoms with van der Waals surface area (Å²) in [4.78, 5) is 28.2. The number of anilines is 2. The van der Waals surface area contributed by atoms with Gasteiger partial charge in [0.1, 0.15) is 17.2 Å². The minimum atomic E-state index is -4.89. The molecule has 1 aromatic carbocycles. The molecule has 4 N–H and O–H groups in total. The Morgan fingerprint density at radius 3 is 2.45 bits per heavy atom. The molecule has 0 bridgehead atoms. The average molecular weight is 570 g/mol. The Kier molecular flexibility index (Phi) is 7.59. The van der Waals surface area contributed by atoms with Crippen LogP contribution < -0.4 is 22.2 Å². The van der Waals surface area contributed by atoms with Crippen molar-refractivity contribution in [3.05, 3.63) is 80.4 Å². The normalized spacial score (nSPS) is 13.0. The number of halogens is 7. The van der Waals surface area contributed by atoms with Crippen molar-refractivity contribution in [2.45, 2.75) is 44.7 Å². The van der Waals surface area contributed by atoms with E-state index in [-0.39, 0.29) is 23.2 Å². The van der Waals surface area contributed by atoms with Gasteiger partial charge in [-0.25, -0.2) is 14.5 Å². The lowest BCUT2D eigenvalue weighted by Crippen LogP contribution is -2.27. The van der Waals surface area contributed by atoms with Gasteiger partial charge in [-0.05, 0) is 55.5 Å². The van der Waals surface area contributed by atoms with Gasteiger partial charge in [0.05, 0.1) is 28.5 Å². The van der Waals surface area contributed by atoms with E-state index in [1.165, 1.54) is 22.9 Å². The highest BCUT2D eigenvalue weighted by molar-refractivity contribution is 5.86. The Morgan fingerprint density at radius 2 is 1.80 bits per heavy atom. The fourth-order valence-corrected chi connectivity index (χ4v) is 4.24. The summed E-state index contributed by atoms with van der Waals surface area (Å²) < 4.78 is 94.8. The van der Waals surface area contributed by atoms with Crippen molar-refractivity contribution < 1.29 is 30.7 Å². The number of fused-ring (bicyclic) bond motifs is 1. The molecule has 0 aliphatic heterocycles. The molecule has 4 aromatic rings. The van der Waals surface area contributed by atoms with Crippen LogP contribution >= 0.6 is 0 Å². The summed E-state index contributed by atoms with van der Waals surface area (Å²) in [5, 5.41) is 8.09. The molecule has 0 aliphatic rings. The molecule has 0 aliphatic carbocycles. The molecule has 1 atom stereocenters. The lowest BCUT2D eigenvalue weighted by Gasteiger charge is -2.18. The summed E-state index contributed by atoms with van der Waals surface area (Å²) in [7, 11) is 0. The van der Waals surface area contributed by atoms with E-state index in [2.05, 4.69) is 15.4 Å². The number of nitrogens with two attached hydrogens (primary N) is 1. The average Bonchev–Trinajstić information content (AvgIpc) is 2.84. The molecule has 40 heavy (non-hydrogen) atoms. The van der Waals surface area contributed by atoms with Crippen molar-refractivity contribution in [2.75, 3.05) is 11.1 Å². The van der Waals surface area contributed by atoms with E-state index in [1.807, 2.05) is 0 Å². The SMILES string of the molecule is C[C@@H](CCCn1ccc2cc(-c3ccc(C(F)(F)F)c(N)n3)c(F)cc2c1=O)Nc1cn[nH]c(=O)c1C(F)(F)F. The molecular weight excluding hydrogens is 549 g/mol. The number of rotatable bonds is 7. The zero-order valence-corrected chi connectivity index (χ0v) is 20.6. The van der Waals surface area contributed by atoms with Crippen LogP contribution in [0.5, 0.6) is 0 Å². The van der Waals surface area contributed by atoms with Gasteiger partial charge >= 0.3 is 12.4 Å². The number of nitrogens with zero attached hydrogens (tertiary/aromatic N) is 3. The number of hydrogen-bond acceptors (Lipinski definition) is 6. The standard InChI is InChI=1S/C25H21F7N6O2/c1-12(35-19-11-34-37-22(39)20(19)25(30,31)32)3-2-7-38-8-6-13-9-15(17(26)10-14(13)23(38)40)18-5-4-16(21(33)36-18)24(27,28)29/h4-6,8-12H,2-3,7H2,1H3,(H2,33,36)(H2,35,37,39)/t12-/m0/s1. The highest BCUT2D eigenvalue weighted by atomic mass is 19.4. The van der Waals surface area contributed by atoms with Gasteiger partial charge < -0.3 is 15.6 Å². The van der Waals surface area contributed by atoms with E-state index in [0.29, 0.717) is 24.3 Å². The van der Waals surface area contributed by atoms with E-state index < -0.39 is 58.0 Å². The van der Waals surface area contributed by atoms with Crippen molar-refractivity contribution in [3.8, 4) is 11.3 Å². The Labute approximate surface area is 220 Å². The van der Waals surface area contributed by atoms with Crippen molar-refractivity contribution in [3.63, 3.8) is 0 Å². The summed E-state index contributed by atoms with van der Waals surface area (Å²) in [6.07, 6.45) is -6.65. The van der Waals surface area contributed by atoms with Crippen LogP contribution in [0.1, 0.15) is 30.9 Å². The van der Waals surface area contributed by atoms with Crippen LogP contribution in [0, 0.1) is 5.82 Å². The number of alkyl halides is 6. The van der Waals surface area contributed by atoms with E-state index in [1.54, 1.807) is 12.0 Å². The summed E-state index contributed by atoms with van der Waals surface area (Å²) in [5.74, 6) is -1.70. The number of aromatic nitrogens is 4. The smallest absolute Gasteiger partial charge is 0.383 e. The minimum absolute atomic E-state index is 0.0132. The molecule has 0 unspecified atom stereocenters. The molecule has 212 valence electrons. The summed E-state index contributed by atoms with van der Waals surface area (Å²) in [6.45, 7) is 1.75. The maximum absolute atomic E-state index is 14.9. The molecule has 4 rings (SSSR count).